The molecule has 2 amide bonds. The van der Waals surface area contributed by atoms with Crippen molar-refractivity contribution < 1.29 is 9.59 Å². The van der Waals surface area contributed by atoms with Gasteiger partial charge in [0.15, 0.2) is 0 Å². The smallest absolute Gasteiger partial charge is 0.246 e. The Kier molecular flexibility index (Phi) is 8.84. The average molecular weight is 511 g/mol. The summed E-state index contributed by atoms with van der Waals surface area (Å²) in [6, 6.07) is 27.8. The molecule has 4 aromatic rings. The van der Waals surface area contributed by atoms with Crippen molar-refractivity contribution in [2.45, 2.75) is 0 Å². The molecule has 0 aromatic heterocycles. The molecule has 0 fully saturated rings. The quantitative estimate of drug-likeness (QED) is 0.188. The molecule has 188 valence electrons. The topological polar surface area (TPSA) is 110 Å². The fourth-order valence-corrected chi connectivity index (χ4v) is 4.58. The molecule has 6 N–H and O–H groups in total. The van der Waals surface area contributed by atoms with E-state index in [1.165, 1.54) is 12.2 Å². The second-order valence-corrected chi connectivity index (χ2v) is 9.74. The van der Waals surface area contributed by atoms with Crippen LogP contribution in [0.3, 0.4) is 0 Å². The van der Waals surface area contributed by atoms with E-state index in [2.05, 4.69) is 10.6 Å². The molecule has 6 nitrogen and oxygen atoms in total. The molecule has 0 saturated carbocycles. The molecule has 0 aliphatic carbocycles. The Balaban J connectivity index is 1.14. The molecule has 37 heavy (non-hydrogen) atoms. The number of thioether (sulfide) groups is 1. The van der Waals surface area contributed by atoms with Crippen molar-refractivity contribution in [2.75, 3.05) is 24.6 Å². The van der Waals surface area contributed by atoms with Gasteiger partial charge >= 0.3 is 0 Å². The van der Waals surface area contributed by atoms with Gasteiger partial charge in [0.25, 0.3) is 0 Å². The van der Waals surface area contributed by atoms with Gasteiger partial charge in [-0.2, -0.15) is 11.8 Å². The molecule has 0 radical (unpaired) electrons. The highest BCUT2D eigenvalue weighted by Gasteiger charge is 2.04. The maximum Gasteiger partial charge on any atom is 0.246 e. The number of hydrogen-bond acceptors (Lipinski definition) is 5. The summed E-state index contributed by atoms with van der Waals surface area (Å²) in [6.07, 6.45) is 2.84. The van der Waals surface area contributed by atoms with Gasteiger partial charge in [-0.3, -0.25) is 9.59 Å². The third-order valence-corrected chi connectivity index (χ3v) is 6.82. The summed E-state index contributed by atoms with van der Waals surface area (Å²) in [5.41, 5.74) is 14.7. The van der Waals surface area contributed by atoms with Crippen LogP contribution in [0, 0.1) is 0 Å². The molecule has 7 heteroatoms. The van der Waals surface area contributed by atoms with Crippen LogP contribution in [-0.4, -0.2) is 36.4 Å². The number of fused-ring (bicyclic) bond motifs is 2. The number of nitrogens with two attached hydrogens (primary N) is 2. The van der Waals surface area contributed by atoms with E-state index in [0.29, 0.717) is 24.5 Å². The van der Waals surface area contributed by atoms with Gasteiger partial charge in [-0.15, -0.1) is 0 Å². The average Bonchev–Trinajstić information content (AvgIpc) is 2.91. The normalized spacial score (nSPS) is 12.0. The fraction of sp³-hybridized carbons (Fsp3) is 0.133. The van der Waals surface area contributed by atoms with Gasteiger partial charge in [-0.25, -0.2) is 0 Å². The van der Waals surface area contributed by atoms with Gasteiger partial charge in [-0.1, -0.05) is 72.8 Å². The molecule has 0 saturated heterocycles. The highest BCUT2D eigenvalue weighted by Crippen LogP contribution is 2.19. The first kappa shape index (κ1) is 25.9. The molecule has 0 aliphatic rings. The number of nitrogens with one attached hydrogen (secondary N) is 2. The minimum atomic E-state index is -0.228. The lowest BCUT2D eigenvalue weighted by Gasteiger charge is -2.07. The Morgan fingerprint density at radius 2 is 1.03 bits per heavy atom. The molecule has 4 aromatic carbocycles. The molecule has 0 heterocycles. The molecule has 0 spiro atoms. The third-order valence-electron chi connectivity index (χ3n) is 5.83. The summed E-state index contributed by atoms with van der Waals surface area (Å²) in [5.74, 6) is 0.989. The van der Waals surface area contributed by atoms with Crippen LogP contribution in [0.15, 0.2) is 97.1 Å². The lowest BCUT2D eigenvalue weighted by Crippen LogP contribution is -2.26. The molecule has 0 unspecified atom stereocenters. The van der Waals surface area contributed by atoms with Crippen LogP contribution in [0.2, 0.25) is 0 Å². The number of benzene rings is 4. The Labute approximate surface area is 220 Å². The molecule has 0 aliphatic heterocycles. The Bertz CT molecular complexity index is 1370. The van der Waals surface area contributed by atoms with E-state index in [-0.39, 0.29) is 11.8 Å². The summed E-state index contributed by atoms with van der Waals surface area (Å²) in [6.45, 7) is 1.02. The summed E-state index contributed by atoms with van der Waals surface area (Å²) in [4.78, 5) is 24.4. The van der Waals surface area contributed by atoms with Crippen molar-refractivity contribution in [3.05, 3.63) is 108 Å². The number of amides is 2. The van der Waals surface area contributed by atoms with Crippen molar-refractivity contribution in [3.63, 3.8) is 0 Å². The van der Waals surface area contributed by atoms with Gasteiger partial charge in [0.2, 0.25) is 11.8 Å². The number of rotatable bonds is 10. The Morgan fingerprint density at radius 3 is 1.46 bits per heavy atom. The zero-order valence-electron chi connectivity index (χ0n) is 20.4. The highest BCUT2D eigenvalue weighted by atomic mass is 32.2. The van der Waals surface area contributed by atoms with E-state index in [1.54, 1.807) is 11.8 Å². The number of hydrogen-bond donors (Lipinski definition) is 4. The molecule has 4 rings (SSSR count). The molecular formula is C30H30N4O2S. The molecular weight excluding hydrogens is 480 g/mol. The van der Waals surface area contributed by atoms with Crippen molar-refractivity contribution in [1.82, 2.24) is 10.6 Å². The van der Waals surface area contributed by atoms with E-state index < -0.39 is 0 Å². The van der Waals surface area contributed by atoms with Crippen LogP contribution < -0.4 is 22.1 Å². The van der Waals surface area contributed by atoms with Crippen molar-refractivity contribution >= 4 is 56.5 Å². The Hall–Kier alpha value is -4.23. The minimum absolute atomic E-state index is 0.228. The minimum Gasteiger partial charge on any atom is -0.398 e. The monoisotopic (exact) mass is 510 g/mol. The van der Waals surface area contributed by atoms with E-state index in [0.717, 1.165) is 44.2 Å². The maximum absolute atomic E-state index is 12.2. The summed E-state index contributed by atoms with van der Waals surface area (Å²) >= 11 is 1.64. The van der Waals surface area contributed by atoms with Crippen LogP contribution in [-0.2, 0) is 9.59 Å². The predicted octanol–water partition coefficient (Wildman–Crippen LogP) is 4.26. The number of carbonyl (C=O) groups is 2. The standard InChI is InChI=1S/C30H30N4O2S/c31-27(25-11-9-21-5-1-3-7-23(21)17-25)19-29(35)33-13-15-37-16-14-34-30(36)20-28(32)26-12-10-22-6-2-4-8-24(22)18-26/h1-12,17-20H,13-16,31-32H2,(H,33,35)(H,34,36). The van der Waals surface area contributed by atoms with Crippen LogP contribution in [0.25, 0.3) is 32.9 Å². The second-order valence-electron chi connectivity index (χ2n) is 8.52. The van der Waals surface area contributed by atoms with Crippen LogP contribution in [0.4, 0.5) is 0 Å². The van der Waals surface area contributed by atoms with Crippen molar-refractivity contribution in [2.24, 2.45) is 11.5 Å². The fourth-order valence-electron chi connectivity index (χ4n) is 3.88. The predicted molar refractivity (Wildman–Crippen MR) is 156 cm³/mol. The van der Waals surface area contributed by atoms with E-state index in [9.17, 15) is 9.59 Å². The van der Waals surface area contributed by atoms with Gasteiger partial charge in [0, 0.05) is 48.1 Å². The van der Waals surface area contributed by atoms with Gasteiger partial charge in [0.05, 0.1) is 0 Å². The zero-order chi connectivity index (χ0) is 26.0. The summed E-state index contributed by atoms with van der Waals surface area (Å²) in [7, 11) is 0. The SMILES string of the molecule is NC(=CC(=O)NCCSCCNC(=O)C=C(N)c1ccc2ccccc2c1)c1ccc2ccccc2c1. The van der Waals surface area contributed by atoms with Crippen LogP contribution in [0.1, 0.15) is 11.1 Å². The lowest BCUT2D eigenvalue weighted by molar-refractivity contribution is -0.117. The Morgan fingerprint density at radius 1 is 0.622 bits per heavy atom. The molecule has 0 atom stereocenters. The third kappa shape index (κ3) is 7.38. The molecule has 0 bridgehead atoms. The highest BCUT2D eigenvalue weighted by molar-refractivity contribution is 7.99. The zero-order valence-corrected chi connectivity index (χ0v) is 21.3. The van der Waals surface area contributed by atoms with Gasteiger partial charge in [-0.05, 0) is 44.8 Å². The first-order valence-electron chi connectivity index (χ1n) is 12.1. The maximum atomic E-state index is 12.2. The summed E-state index contributed by atoms with van der Waals surface area (Å²) < 4.78 is 0. The van der Waals surface area contributed by atoms with Crippen molar-refractivity contribution in [1.29, 1.82) is 0 Å². The summed E-state index contributed by atoms with van der Waals surface area (Å²) in [5, 5.41) is 10.1. The first-order chi connectivity index (χ1) is 18.0. The van der Waals surface area contributed by atoms with Gasteiger partial charge < -0.3 is 22.1 Å². The van der Waals surface area contributed by atoms with Crippen LogP contribution >= 0.6 is 11.8 Å². The first-order valence-corrected chi connectivity index (χ1v) is 13.2. The number of carbonyl (C=O) groups excluding carboxylic acids is 2. The second kappa shape index (κ2) is 12.6. The van der Waals surface area contributed by atoms with Gasteiger partial charge in [0.1, 0.15) is 0 Å². The largest absolute Gasteiger partial charge is 0.398 e. The van der Waals surface area contributed by atoms with E-state index in [4.69, 9.17) is 11.5 Å². The van der Waals surface area contributed by atoms with E-state index >= 15 is 0 Å². The van der Waals surface area contributed by atoms with Crippen molar-refractivity contribution in [3.8, 4) is 0 Å². The lowest BCUT2D eigenvalue weighted by atomic mass is 10.1. The van der Waals surface area contributed by atoms with E-state index in [1.807, 2.05) is 84.9 Å². The van der Waals surface area contributed by atoms with Crippen LogP contribution in [0.5, 0.6) is 0 Å².